The second kappa shape index (κ2) is 8.37. The van der Waals surface area contributed by atoms with Crippen molar-refractivity contribution in [1.82, 2.24) is 10.2 Å². The summed E-state index contributed by atoms with van der Waals surface area (Å²) < 4.78 is 0. The molecule has 3 amide bonds. The average molecular weight is 371 g/mol. The Morgan fingerprint density at radius 3 is 2.67 bits per heavy atom. The molecule has 0 aliphatic carbocycles. The summed E-state index contributed by atoms with van der Waals surface area (Å²) in [4.78, 5) is 38.8. The molecule has 1 heterocycles. The minimum Gasteiger partial charge on any atom is -0.347 e. The van der Waals surface area contributed by atoms with Crippen LogP contribution in [-0.2, 0) is 9.59 Å². The maximum Gasteiger partial charge on any atom is 0.252 e. The Labute approximate surface area is 161 Å². The maximum atomic E-state index is 12.7. The van der Waals surface area contributed by atoms with Gasteiger partial charge in [-0.3, -0.25) is 14.4 Å². The van der Waals surface area contributed by atoms with Gasteiger partial charge >= 0.3 is 0 Å². The molecule has 0 radical (unpaired) electrons. The van der Waals surface area contributed by atoms with Crippen LogP contribution in [0, 0.1) is 12.8 Å². The highest BCUT2D eigenvalue weighted by molar-refractivity contribution is 6.00. The molecule has 1 fully saturated rings. The SMILES string of the molecule is C=CCN1CC(C(=O)Nc2cccc(C(=O)NC(C)(C)C)c2C)CCC1=O. The summed E-state index contributed by atoms with van der Waals surface area (Å²) in [6.07, 6.45) is 2.56. The number of carbonyl (C=O) groups is 3. The van der Waals surface area contributed by atoms with Crippen molar-refractivity contribution >= 4 is 23.4 Å². The number of hydrogen-bond donors (Lipinski definition) is 2. The van der Waals surface area contributed by atoms with Gasteiger partial charge in [0.15, 0.2) is 0 Å². The molecule has 1 aliphatic heterocycles. The van der Waals surface area contributed by atoms with E-state index in [2.05, 4.69) is 17.2 Å². The number of piperidine rings is 1. The Kier molecular flexibility index (Phi) is 6.41. The summed E-state index contributed by atoms with van der Waals surface area (Å²) in [7, 11) is 0. The largest absolute Gasteiger partial charge is 0.347 e. The van der Waals surface area contributed by atoms with Crippen molar-refractivity contribution in [1.29, 1.82) is 0 Å². The topological polar surface area (TPSA) is 78.5 Å². The van der Waals surface area contributed by atoms with E-state index < -0.39 is 0 Å². The maximum absolute atomic E-state index is 12.7. The number of likely N-dealkylation sites (tertiary alicyclic amines) is 1. The van der Waals surface area contributed by atoms with Crippen molar-refractivity contribution in [3.05, 3.63) is 42.0 Å². The van der Waals surface area contributed by atoms with E-state index in [1.54, 1.807) is 29.2 Å². The van der Waals surface area contributed by atoms with Gasteiger partial charge in [-0.25, -0.2) is 0 Å². The first kappa shape index (κ1) is 20.7. The van der Waals surface area contributed by atoms with Crippen molar-refractivity contribution in [2.45, 2.75) is 46.1 Å². The molecule has 0 spiro atoms. The Morgan fingerprint density at radius 1 is 1.33 bits per heavy atom. The lowest BCUT2D eigenvalue weighted by Gasteiger charge is -2.31. The van der Waals surface area contributed by atoms with Gasteiger partial charge in [-0.05, 0) is 51.8 Å². The average Bonchev–Trinajstić information content (AvgIpc) is 2.57. The lowest BCUT2D eigenvalue weighted by molar-refractivity contribution is -0.136. The standard InChI is InChI=1S/C21H29N3O3/c1-6-12-24-13-15(10-11-18(24)25)19(26)22-17-9-7-8-16(14(17)2)20(27)23-21(3,4)5/h6-9,15H,1,10-13H2,2-5H3,(H,22,26)(H,23,27). The molecule has 0 aromatic heterocycles. The molecule has 146 valence electrons. The van der Waals surface area contributed by atoms with Crippen LogP contribution < -0.4 is 10.6 Å². The van der Waals surface area contributed by atoms with Crippen molar-refractivity contribution in [3.63, 3.8) is 0 Å². The first-order valence-electron chi connectivity index (χ1n) is 9.24. The fourth-order valence-electron chi connectivity index (χ4n) is 3.12. The number of carbonyl (C=O) groups excluding carboxylic acids is 3. The predicted octanol–water partition coefficient (Wildman–Crippen LogP) is 2.89. The van der Waals surface area contributed by atoms with Gasteiger partial charge in [0.1, 0.15) is 0 Å². The number of hydrogen-bond acceptors (Lipinski definition) is 3. The van der Waals surface area contributed by atoms with Crippen LogP contribution in [0.25, 0.3) is 0 Å². The Balaban J connectivity index is 2.12. The lowest BCUT2D eigenvalue weighted by Crippen LogP contribution is -2.44. The molecular weight excluding hydrogens is 342 g/mol. The summed E-state index contributed by atoms with van der Waals surface area (Å²) in [5, 5.41) is 5.87. The van der Waals surface area contributed by atoms with Gasteiger partial charge in [0.05, 0.1) is 5.92 Å². The van der Waals surface area contributed by atoms with Crippen LogP contribution >= 0.6 is 0 Å². The van der Waals surface area contributed by atoms with E-state index in [1.807, 2.05) is 27.7 Å². The third-order valence-corrected chi connectivity index (χ3v) is 4.55. The quantitative estimate of drug-likeness (QED) is 0.781. The van der Waals surface area contributed by atoms with Crippen LogP contribution in [0.3, 0.4) is 0 Å². The second-order valence-electron chi connectivity index (χ2n) is 7.99. The van der Waals surface area contributed by atoms with Crippen molar-refractivity contribution in [2.24, 2.45) is 5.92 Å². The first-order valence-corrected chi connectivity index (χ1v) is 9.24. The molecule has 1 unspecified atom stereocenters. The number of nitrogens with zero attached hydrogens (tertiary/aromatic N) is 1. The minimum atomic E-state index is -0.341. The fourth-order valence-corrected chi connectivity index (χ4v) is 3.12. The zero-order chi connectivity index (χ0) is 20.2. The molecule has 1 aromatic carbocycles. The van der Waals surface area contributed by atoms with Crippen LogP contribution in [-0.4, -0.2) is 41.2 Å². The van der Waals surface area contributed by atoms with Crippen LogP contribution in [0.1, 0.15) is 49.5 Å². The Morgan fingerprint density at radius 2 is 2.04 bits per heavy atom. The number of amides is 3. The number of anilines is 1. The normalized spacial score (nSPS) is 17.4. The van der Waals surface area contributed by atoms with Crippen LogP contribution in [0.5, 0.6) is 0 Å². The van der Waals surface area contributed by atoms with E-state index in [1.165, 1.54) is 0 Å². The Hall–Kier alpha value is -2.63. The zero-order valence-electron chi connectivity index (χ0n) is 16.6. The van der Waals surface area contributed by atoms with Gasteiger partial charge < -0.3 is 15.5 Å². The minimum absolute atomic E-state index is 0.0518. The van der Waals surface area contributed by atoms with Crippen LogP contribution in [0.2, 0.25) is 0 Å². The molecule has 2 rings (SSSR count). The van der Waals surface area contributed by atoms with Gasteiger partial charge in [0.2, 0.25) is 11.8 Å². The molecule has 0 saturated carbocycles. The molecule has 1 saturated heterocycles. The summed E-state index contributed by atoms with van der Waals surface area (Å²) in [5.74, 6) is -0.519. The number of benzene rings is 1. The first-order chi connectivity index (χ1) is 12.6. The van der Waals surface area contributed by atoms with Crippen molar-refractivity contribution in [3.8, 4) is 0 Å². The summed E-state index contributed by atoms with van der Waals surface area (Å²) in [6, 6.07) is 5.29. The lowest BCUT2D eigenvalue weighted by atomic mass is 9.96. The predicted molar refractivity (Wildman–Crippen MR) is 107 cm³/mol. The molecule has 0 bridgehead atoms. The number of rotatable bonds is 5. The van der Waals surface area contributed by atoms with E-state index in [4.69, 9.17) is 0 Å². The molecule has 1 aromatic rings. The summed E-state index contributed by atoms with van der Waals surface area (Å²) >= 11 is 0. The van der Waals surface area contributed by atoms with Crippen LogP contribution in [0.15, 0.2) is 30.9 Å². The Bertz CT molecular complexity index is 750. The van der Waals surface area contributed by atoms with E-state index in [-0.39, 0.29) is 29.2 Å². The molecule has 1 atom stereocenters. The molecule has 2 N–H and O–H groups in total. The monoisotopic (exact) mass is 371 g/mol. The van der Waals surface area contributed by atoms with E-state index in [0.29, 0.717) is 37.2 Å². The summed E-state index contributed by atoms with van der Waals surface area (Å²) in [5.41, 5.74) is 1.54. The third kappa shape index (κ3) is 5.42. The summed E-state index contributed by atoms with van der Waals surface area (Å²) in [6.45, 7) is 12.1. The van der Waals surface area contributed by atoms with Gasteiger partial charge in [-0.1, -0.05) is 12.1 Å². The number of nitrogens with one attached hydrogen (secondary N) is 2. The molecule has 6 nitrogen and oxygen atoms in total. The van der Waals surface area contributed by atoms with Gasteiger partial charge in [0.25, 0.3) is 5.91 Å². The van der Waals surface area contributed by atoms with Crippen molar-refractivity contribution in [2.75, 3.05) is 18.4 Å². The molecule has 6 heteroatoms. The van der Waals surface area contributed by atoms with Gasteiger partial charge in [-0.15, -0.1) is 6.58 Å². The van der Waals surface area contributed by atoms with E-state index in [0.717, 1.165) is 5.56 Å². The van der Waals surface area contributed by atoms with E-state index >= 15 is 0 Å². The molecule has 27 heavy (non-hydrogen) atoms. The molecular formula is C21H29N3O3. The highest BCUT2D eigenvalue weighted by Crippen LogP contribution is 2.23. The van der Waals surface area contributed by atoms with Gasteiger partial charge in [0, 0.05) is 36.3 Å². The zero-order valence-corrected chi connectivity index (χ0v) is 16.6. The van der Waals surface area contributed by atoms with Crippen LogP contribution in [0.4, 0.5) is 5.69 Å². The molecule has 1 aliphatic rings. The van der Waals surface area contributed by atoms with Gasteiger partial charge in [-0.2, -0.15) is 0 Å². The smallest absolute Gasteiger partial charge is 0.252 e. The van der Waals surface area contributed by atoms with E-state index in [9.17, 15) is 14.4 Å². The third-order valence-electron chi connectivity index (χ3n) is 4.55. The highest BCUT2D eigenvalue weighted by Gasteiger charge is 2.30. The fraction of sp³-hybridized carbons (Fsp3) is 0.476. The van der Waals surface area contributed by atoms with Crippen molar-refractivity contribution < 1.29 is 14.4 Å². The highest BCUT2D eigenvalue weighted by atomic mass is 16.2. The second-order valence-corrected chi connectivity index (χ2v) is 7.99.